The summed E-state index contributed by atoms with van der Waals surface area (Å²) in [4.78, 5) is 28.2. The van der Waals surface area contributed by atoms with Crippen molar-refractivity contribution in [3.8, 4) is 0 Å². The van der Waals surface area contributed by atoms with E-state index < -0.39 is 11.6 Å². The molecule has 1 N–H and O–H groups in total. The van der Waals surface area contributed by atoms with Crippen LogP contribution in [0.1, 0.15) is 18.5 Å². The number of hydrogen-bond donors (Lipinski definition) is 1. The molecule has 1 aliphatic rings. The average Bonchev–Trinajstić information content (AvgIpc) is 2.67. The van der Waals surface area contributed by atoms with Gasteiger partial charge in [-0.05, 0) is 6.92 Å². The molecular weight excluding hydrogens is 375 g/mol. The van der Waals surface area contributed by atoms with Gasteiger partial charge in [-0.15, -0.1) is 0 Å². The van der Waals surface area contributed by atoms with Crippen molar-refractivity contribution in [1.29, 1.82) is 0 Å². The molecular formula is C18H21Cl2N4O2+. The van der Waals surface area contributed by atoms with Crippen molar-refractivity contribution < 1.29 is 9.69 Å². The lowest BCUT2D eigenvalue weighted by Gasteiger charge is -2.33. The van der Waals surface area contributed by atoms with Gasteiger partial charge in [0.2, 0.25) is 5.91 Å². The van der Waals surface area contributed by atoms with Gasteiger partial charge in [0.25, 0.3) is 5.56 Å². The van der Waals surface area contributed by atoms with E-state index in [1.165, 1.54) is 16.7 Å². The van der Waals surface area contributed by atoms with E-state index in [-0.39, 0.29) is 16.0 Å². The zero-order valence-electron chi connectivity index (χ0n) is 14.5. The molecule has 0 saturated carbocycles. The van der Waals surface area contributed by atoms with Gasteiger partial charge in [0.05, 0.1) is 37.4 Å². The molecule has 138 valence electrons. The van der Waals surface area contributed by atoms with E-state index in [1.807, 2.05) is 18.2 Å². The van der Waals surface area contributed by atoms with Crippen LogP contribution in [0.25, 0.3) is 0 Å². The summed E-state index contributed by atoms with van der Waals surface area (Å²) >= 11 is 11.7. The first kappa shape index (κ1) is 18.9. The summed E-state index contributed by atoms with van der Waals surface area (Å²) in [6.45, 7) is 5.66. The first-order valence-electron chi connectivity index (χ1n) is 8.56. The molecule has 8 heteroatoms. The zero-order valence-corrected chi connectivity index (χ0v) is 16.0. The Morgan fingerprint density at radius 2 is 1.88 bits per heavy atom. The highest BCUT2D eigenvalue weighted by atomic mass is 35.5. The Labute approximate surface area is 161 Å². The molecule has 1 aromatic heterocycles. The Morgan fingerprint density at radius 3 is 2.54 bits per heavy atom. The number of benzene rings is 1. The number of rotatable bonds is 4. The van der Waals surface area contributed by atoms with Gasteiger partial charge in [-0.2, -0.15) is 5.10 Å². The van der Waals surface area contributed by atoms with Crippen molar-refractivity contribution in [2.45, 2.75) is 19.5 Å². The van der Waals surface area contributed by atoms with Crippen LogP contribution in [-0.2, 0) is 11.3 Å². The second kappa shape index (κ2) is 8.20. The van der Waals surface area contributed by atoms with Gasteiger partial charge < -0.3 is 9.80 Å². The largest absolute Gasteiger partial charge is 0.330 e. The third-order valence-electron chi connectivity index (χ3n) is 4.70. The standard InChI is InChI=1S/C18H20Cl2N4O2/c1-13(24-18(26)16(20)15(19)11-21-24)17(25)23-9-7-22(8-10-23)12-14-5-3-2-4-6-14/h2-6,11,13H,7-10,12H2,1H3/p+1/t13-/m1/s1. The smallest absolute Gasteiger partial charge is 0.287 e. The van der Waals surface area contributed by atoms with Crippen LogP contribution in [0, 0.1) is 0 Å². The summed E-state index contributed by atoms with van der Waals surface area (Å²) in [5.41, 5.74) is 0.746. The van der Waals surface area contributed by atoms with Crippen LogP contribution in [0.3, 0.4) is 0 Å². The topological polar surface area (TPSA) is 59.6 Å². The molecule has 0 radical (unpaired) electrons. The van der Waals surface area contributed by atoms with E-state index in [0.29, 0.717) is 13.1 Å². The van der Waals surface area contributed by atoms with E-state index in [1.54, 1.807) is 11.8 Å². The molecule has 0 bridgehead atoms. The Balaban J connectivity index is 1.61. The van der Waals surface area contributed by atoms with Gasteiger partial charge >= 0.3 is 0 Å². The fourth-order valence-electron chi connectivity index (χ4n) is 3.17. The summed E-state index contributed by atoms with van der Waals surface area (Å²) in [5, 5.41) is 3.94. The predicted molar refractivity (Wildman–Crippen MR) is 101 cm³/mol. The van der Waals surface area contributed by atoms with Crippen molar-refractivity contribution in [3.63, 3.8) is 0 Å². The summed E-state index contributed by atoms with van der Waals surface area (Å²) < 4.78 is 1.10. The van der Waals surface area contributed by atoms with Gasteiger partial charge in [0.1, 0.15) is 17.6 Å². The molecule has 0 unspecified atom stereocenters. The number of carbonyl (C=O) groups is 1. The van der Waals surface area contributed by atoms with Crippen molar-refractivity contribution in [3.05, 3.63) is 62.5 Å². The van der Waals surface area contributed by atoms with E-state index in [0.717, 1.165) is 24.3 Å². The van der Waals surface area contributed by atoms with Crippen LogP contribution in [-0.4, -0.2) is 46.8 Å². The Kier molecular flexibility index (Phi) is 5.96. The number of carbonyl (C=O) groups excluding carboxylic acids is 1. The maximum atomic E-state index is 12.8. The minimum absolute atomic E-state index is 0.0886. The minimum atomic E-state index is -0.715. The molecule has 26 heavy (non-hydrogen) atoms. The maximum Gasteiger partial charge on any atom is 0.287 e. The fourth-order valence-corrected chi connectivity index (χ4v) is 3.43. The number of amides is 1. The van der Waals surface area contributed by atoms with Crippen LogP contribution in [0.5, 0.6) is 0 Å². The molecule has 0 spiro atoms. The third kappa shape index (κ3) is 4.09. The number of halogens is 2. The van der Waals surface area contributed by atoms with E-state index in [4.69, 9.17) is 23.2 Å². The van der Waals surface area contributed by atoms with Crippen LogP contribution < -0.4 is 10.5 Å². The van der Waals surface area contributed by atoms with E-state index in [9.17, 15) is 9.59 Å². The molecule has 6 nitrogen and oxygen atoms in total. The highest BCUT2D eigenvalue weighted by Gasteiger charge is 2.29. The van der Waals surface area contributed by atoms with Crippen molar-refractivity contribution >= 4 is 29.1 Å². The van der Waals surface area contributed by atoms with Crippen molar-refractivity contribution in [2.24, 2.45) is 0 Å². The first-order chi connectivity index (χ1) is 12.5. The molecule has 2 aromatic rings. The molecule has 1 aromatic carbocycles. The van der Waals surface area contributed by atoms with Crippen molar-refractivity contribution in [1.82, 2.24) is 14.7 Å². The first-order valence-corrected chi connectivity index (χ1v) is 9.32. The summed E-state index contributed by atoms with van der Waals surface area (Å²) in [7, 11) is 0. The van der Waals surface area contributed by atoms with Crippen LogP contribution >= 0.6 is 23.2 Å². The highest BCUT2D eigenvalue weighted by molar-refractivity contribution is 6.41. The molecule has 1 amide bonds. The third-order valence-corrected chi connectivity index (χ3v) is 5.45. The normalized spacial score (nSPS) is 16.5. The molecule has 1 fully saturated rings. The molecule has 2 heterocycles. The Morgan fingerprint density at radius 1 is 1.23 bits per heavy atom. The lowest BCUT2D eigenvalue weighted by molar-refractivity contribution is -0.917. The second-order valence-corrected chi connectivity index (χ2v) is 7.26. The van der Waals surface area contributed by atoms with Gasteiger partial charge in [0.15, 0.2) is 0 Å². The van der Waals surface area contributed by atoms with Gasteiger partial charge in [-0.3, -0.25) is 9.59 Å². The Hall–Kier alpha value is -1.89. The van der Waals surface area contributed by atoms with Gasteiger partial charge in [0, 0.05) is 5.56 Å². The lowest BCUT2D eigenvalue weighted by atomic mass is 10.2. The number of piperazine rings is 1. The minimum Gasteiger partial charge on any atom is -0.330 e. The molecule has 3 rings (SSSR count). The quantitative estimate of drug-likeness (QED) is 0.840. The number of nitrogens with zero attached hydrogens (tertiary/aromatic N) is 3. The maximum absolute atomic E-state index is 12.8. The van der Waals surface area contributed by atoms with Gasteiger partial charge in [-0.1, -0.05) is 53.5 Å². The summed E-state index contributed by atoms with van der Waals surface area (Å²) in [6.07, 6.45) is 1.29. The SMILES string of the molecule is C[C@H](C(=O)N1CC[NH+](Cc2ccccc2)CC1)n1ncc(Cl)c(Cl)c1=O. The molecule has 1 aliphatic heterocycles. The number of quaternary nitrogens is 1. The fraction of sp³-hybridized carbons (Fsp3) is 0.389. The van der Waals surface area contributed by atoms with E-state index >= 15 is 0 Å². The average molecular weight is 396 g/mol. The monoisotopic (exact) mass is 395 g/mol. The lowest BCUT2D eigenvalue weighted by Crippen LogP contribution is -3.13. The zero-order chi connectivity index (χ0) is 18.7. The van der Waals surface area contributed by atoms with Gasteiger partial charge in [-0.25, -0.2) is 4.68 Å². The molecule has 1 atom stereocenters. The highest BCUT2D eigenvalue weighted by Crippen LogP contribution is 2.16. The van der Waals surface area contributed by atoms with Crippen LogP contribution in [0.15, 0.2) is 41.3 Å². The second-order valence-electron chi connectivity index (χ2n) is 6.47. The molecule has 0 aliphatic carbocycles. The van der Waals surface area contributed by atoms with E-state index in [2.05, 4.69) is 17.2 Å². The van der Waals surface area contributed by atoms with Crippen molar-refractivity contribution in [2.75, 3.05) is 26.2 Å². The number of hydrogen-bond acceptors (Lipinski definition) is 3. The van der Waals surface area contributed by atoms with Crippen LogP contribution in [0.4, 0.5) is 0 Å². The summed E-state index contributed by atoms with van der Waals surface area (Å²) in [5.74, 6) is -0.128. The number of nitrogens with one attached hydrogen (secondary N) is 1. The number of aromatic nitrogens is 2. The molecule has 1 saturated heterocycles. The summed E-state index contributed by atoms with van der Waals surface area (Å²) in [6, 6.07) is 9.61. The van der Waals surface area contributed by atoms with Crippen LogP contribution in [0.2, 0.25) is 10.0 Å². The predicted octanol–water partition coefficient (Wildman–Crippen LogP) is 1.04. The Bertz CT molecular complexity index is 833.